The highest BCUT2D eigenvalue weighted by molar-refractivity contribution is 5.77. The normalized spacial score (nSPS) is 37.2. The summed E-state index contributed by atoms with van der Waals surface area (Å²) < 4.78 is 22.3. The van der Waals surface area contributed by atoms with Gasteiger partial charge in [0.15, 0.2) is 0 Å². The Hall–Kier alpha value is -0.640. The first-order valence-electron chi connectivity index (χ1n) is 3.41. The SMILES string of the molecule is COC(=O)C1(C)COCC1F. The zero-order valence-electron chi connectivity index (χ0n) is 6.59. The standard InChI is InChI=1S/C7H11FO3/c1-7(6(9)10-2)4-11-3-5(7)8/h5H,3-4H2,1-2H3. The first-order chi connectivity index (χ1) is 5.11. The lowest BCUT2D eigenvalue weighted by Gasteiger charge is -2.20. The minimum Gasteiger partial charge on any atom is -0.468 e. The Kier molecular flexibility index (Phi) is 2.13. The van der Waals surface area contributed by atoms with Crippen molar-refractivity contribution in [1.82, 2.24) is 0 Å². The van der Waals surface area contributed by atoms with Crippen molar-refractivity contribution in [3.63, 3.8) is 0 Å². The second kappa shape index (κ2) is 2.77. The van der Waals surface area contributed by atoms with Gasteiger partial charge in [-0.2, -0.15) is 0 Å². The maximum absolute atomic E-state index is 13.0. The van der Waals surface area contributed by atoms with Crippen molar-refractivity contribution < 1.29 is 18.7 Å². The molecule has 1 saturated heterocycles. The number of esters is 1. The highest BCUT2D eigenvalue weighted by Gasteiger charge is 2.47. The van der Waals surface area contributed by atoms with E-state index in [-0.39, 0.29) is 13.2 Å². The lowest BCUT2D eigenvalue weighted by Crippen LogP contribution is -2.37. The number of hydrogen-bond acceptors (Lipinski definition) is 3. The molecule has 11 heavy (non-hydrogen) atoms. The largest absolute Gasteiger partial charge is 0.468 e. The van der Waals surface area contributed by atoms with E-state index in [9.17, 15) is 9.18 Å². The number of halogens is 1. The molecule has 3 nitrogen and oxygen atoms in total. The number of rotatable bonds is 1. The van der Waals surface area contributed by atoms with Crippen molar-refractivity contribution in [1.29, 1.82) is 0 Å². The Morgan fingerprint density at radius 1 is 1.82 bits per heavy atom. The van der Waals surface area contributed by atoms with E-state index in [1.165, 1.54) is 14.0 Å². The molecule has 0 N–H and O–H groups in total. The van der Waals surface area contributed by atoms with Gasteiger partial charge in [-0.15, -0.1) is 0 Å². The van der Waals surface area contributed by atoms with Crippen LogP contribution in [0.5, 0.6) is 0 Å². The lowest BCUT2D eigenvalue weighted by molar-refractivity contribution is -0.154. The molecule has 2 atom stereocenters. The fourth-order valence-corrected chi connectivity index (χ4v) is 1.07. The third-order valence-electron chi connectivity index (χ3n) is 2.01. The molecule has 0 bridgehead atoms. The number of ether oxygens (including phenoxy) is 2. The maximum atomic E-state index is 13.0. The second-order valence-electron chi connectivity index (χ2n) is 2.89. The van der Waals surface area contributed by atoms with Crippen molar-refractivity contribution >= 4 is 5.97 Å². The lowest BCUT2D eigenvalue weighted by atomic mass is 9.89. The van der Waals surface area contributed by atoms with Crippen LogP contribution >= 0.6 is 0 Å². The van der Waals surface area contributed by atoms with Gasteiger partial charge in [0.1, 0.15) is 11.6 Å². The zero-order chi connectivity index (χ0) is 8.48. The first kappa shape index (κ1) is 8.46. The van der Waals surface area contributed by atoms with Gasteiger partial charge in [-0.25, -0.2) is 4.39 Å². The van der Waals surface area contributed by atoms with E-state index in [1.54, 1.807) is 0 Å². The molecule has 0 amide bonds. The van der Waals surface area contributed by atoms with Crippen LogP contribution in [0.25, 0.3) is 0 Å². The molecule has 4 heteroatoms. The maximum Gasteiger partial charge on any atom is 0.316 e. The van der Waals surface area contributed by atoms with Gasteiger partial charge in [-0.3, -0.25) is 4.79 Å². The molecule has 0 aliphatic carbocycles. The molecule has 0 aromatic rings. The highest BCUT2D eigenvalue weighted by Crippen LogP contribution is 2.31. The molecule has 1 rings (SSSR count). The Labute approximate surface area is 64.5 Å². The summed E-state index contributed by atoms with van der Waals surface area (Å²) in [5, 5.41) is 0. The molecule has 0 aromatic heterocycles. The Morgan fingerprint density at radius 3 is 2.82 bits per heavy atom. The van der Waals surface area contributed by atoms with Crippen LogP contribution in [0.4, 0.5) is 4.39 Å². The third-order valence-corrected chi connectivity index (χ3v) is 2.01. The van der Waals surface area contributed by atoms with E-state index < -0.39 is 17.6 Å². The van der Waals surface area contributed by atoms with Gasteiger partial charge in [0, 0.05) is 0 Å². The molecule has 1 heterocycles. The molecule has 1 fully saturated rings. The van der Waals surface area contributed by atoms with Gasteiger partial charge in [0.25, 0.3) is 0 Å². The van der Waals surface area contributed by atoms with Crippen LogP contribution in [0.2, 0.25) is 0 Å². The minimum atomic E-state index is -1.24. The van der Waals surface area contributed by atoms with Gasteiger partial charge < -0.3 is 9.47 Å². The summed E-state index contributed by atoms with van der Waals surface area (Å²) in [6.45, 7) is 1.61. The van der Waals surface area contributed by atoms with E-state index in [0.717, 1.165) is 0 Å². The highest BCUT2D eigenvalue weighted by atomic mass is 19.1. The molecule has 64 valence electrons. The summed E-state index contributed by atoms with van der Waals surface area (Å²) >= 11 is 0. The van der Waals surface area contributed by atoms with Gasteiger partial charge in [0.2, 0.25) is 0 Å². The monoisotopic (exact) mass is 162 g/mol. The predicted molar refractivity (Wildman–Crippen MR) is 35.8 cm³/mol. The molecular weight excluding hydrogens is 151 g/mol. The molecule has 0 saturated carbocycles. The van der Waals surface area contributed by atoms with E-state index >= 15 is 0 Å². The number of hydrogen-bond donors (Lipinski definition) is 0. The minimum absolute atomic E-state index is 0.00833. The molecule has 0 spiro atoms. The zero-order valence-corrected chi connectivity index (χ0v) is 6.59. The van der Waals surface area contributed by atoms with E-state index in [4.69, 9.17) is 4.74 Å². The average Bonchev–Trinajstić information content (AvgIpc) is 2.32. The second-order valence-corrected chi connectivity index (χ2v) is 2.89. The molecule has 0 aromatic carbocycles. The van der Waals surface area contributed by atoms with Crippen LogP contribution in [0, 0.1) is 5.41 Å². The Bertz CT molecular complexity index is 171. The number of methoxy groups -OCH3 is 1. The van der Waals surface area contributed by atoms with Gasteiger partial charge >= 0.3 is 5.97 Å². The molecule has 1 aliphatic heterocycles. The summed E-state index contributed by atoms with van der Waals surface area (Å²) in [5.74, 6) is -0.539. The molecular formula is C7H11FO3. The Morgan fingerprint density at radius 2 is 2.45 bits per heavy atom. The number of carbonyl (C=O) groups is 1. The summed E-state index contributed by atoms with van der Waals surface area (Å²) in [6.07, 6.45) is -1.24. The van der Waals surface area contributed by atoms with E-state index in [1.807, 2.05) is 0 Å². The van der Waals surface area contributed by atoms with Crippen molar-refractivity contribution in [2.24, 2.45) is 5.41 Å². The number of carbonyl (C=O) groups excluding carboxylic acids is 1. The van der Waals surface area contributed by atoms with Gasteiger partial charge in [-0.1, -0.05) is 0 Å². The Balaban J connectivity index is 2.72. The van der Waals surface area contributed by atoms with Crippen LogP contribution in [0.3, 0.4) is 0 Å². The fourth-order valence-electron chi connectivity index (χ4n) is 1.07. The van der Waals surface area contributed by atoms with Crippen LogP contribution < -0.4 is 0 Å². The topological polar surface area (TPSA) is 35.5 Å². The van der Waals surface area contributed by atoms with Crippen molar-refractivity contribution in [2.75, 3.05) is 20.3 Å². The third kappa shape index (κ3) is 1.22. The number of alkyl halides is 1. The van der Waals surface area contributed by atoms with E-state index in [0.29, 0.717) is 0 Å². The van der Waals surface area contributed by atoms with Crippen molar-refractivity contribution in [3.8, 4) is 0 Å². The molecule has 2 unspecified atom stereocenters. The summed E-state index contributed by atoms with van der Waals surface area (Å²) in [7, 11) is 1.25. The smallest absolute Gasteiger partial charge is 0.316 e. The van der Waals surface area contributed by atoms with Gasteiger partial charge in [-0.05, 0) is 6.92 Å². The van der Waals surface area contributed by atoms with Crippen molar-refractivity contribution in [2.45, 2.75) is 13.1 Å². The summed E-state index contributed by atoms with van der Waals surface area (Å²) in [6, 6.07) is 0. The van der Waals surface area contributed by atoms with Crippen LogP contribution in [-0.4, -0.2) is 32.5 Å². The van der Waals surface area contributed by atoms with Crippen LogP contribution in [-0.2, 0) is 14.3 Å². The summed E-state index contributed by atoms with van der Waals surface area (Å²) in [4.78, 5) is 11.0. The fraction of sp³-hybridized carbons (Fsp3) is 0.857. The van der Waals surface area contributed by atoms with Gasteiger partial charge in [0.05, 0.1) is 20.3 Å². The molecule has 0 radical (unpaired) electrons. The van der Waals surface area contributed by atoms with E-state index in [2.05, 4.69) is 4.74 Å². The summed E-state index contributed by atoms with van der Waals surface area (Å²) in [5.41, 5.74) is -1.09. The molecule has 1 aliphatic rings. The quantitative estimate of drug-likeness (QED) is 0.528. The van der Waals surface area contributed by atoms with Crippen molar-refractivity contribution in [3.05, 3.63) is 0 Å². The van der Waals surface area contributed by atoms with Crippen LogP contribution in [0.15, 0.2) is 0 Å². The predicted octanol–water partition coefficient (Wildman–Crippen LogP) is 0.534. The van der Waals surface area contributed by atoms with Crippen LogP contribution in [0.1, 0.15) is 6.92 Å². The average molecular weight is 162 g/mol. The first-order valence-corrected chi connectivity index (χ1v) is 3.41.